The third kappa shape index (κ3) is 3.62. The number of fused-ring (bicyclic) bond motifs is 1. The van der Waals surface area contributed by atoms with E-state index in [9.17, 15) is 0 Å². The number of hydrogen-bond donors (Lipinski definition) is 1. The van der Waals surface area contributed by atoms with Crippen LogP contribution in [-0.4, -0.2) is 14.6 Å². The summed E-state index contributed by atoms with van der Waals surface area (Å²) in [6, 6.07) is 28.6. The maximum atomic E-state index is 6.54. The fourth-order valence-electron chi connectivity index (χ4n) is 4.54. The summed E-state index contributed by atoms with van der Waals surface area (Å²) in [7, 11) is 0. The predicted molar refractivity (Wildman–Crippen MR) is 134 cm³/mol. The monoisotopic (exact) mass is 450 g/mol. The van der Waals surface area contributed by atoms with Gasteiger partial charge in [-0.3, -0.25) is 0 Å². The van der Waals surface area contributed by atoms with E-state index in [-0.39, 0.29) is 5.54 Å². The van der Waals surface area contributed by atoms with Crippen LogP contribution in [0.4, 0.5) is 0 Å². The molecule has 0 atom stereocenters. The Kier molecular flexibility index (Phi) is 4.79. The van der Waals surface area contributed by atoms with Crippen molar-refractivity contribution in [1.29, 1.82) is 0 Å². The number of nitrogens with two attached hydrogens (primary N) is 1. The van der Waals surface area contributed by atoms with Crippen molar-refractivity contribution < 1.29 is 0 Å². The van der Waals surface area contributed by atoms with E-state index in [1.807, 2.05) is 53.0 Å². The Hall–Kier alpha value is -3.47. The normalized spacial score (nSPS) is 14.8. The fraction of sp³-hybridized carbons (Fsp3) is 0.143. The quantitative estimate of drug-likeness (QED) is 0.330. The van der Waals surface area contributed by atoms with Crippen molar-refractivity contribution in [2.24, 2.45) is 5.73 Å². The van der Waals surface area contributed by atoms with Crippen molar-refractivity contribution in [3.63, 3.8) is 0 Å². The number of nitrogens with zero attached hydrogens (tertiary/aromatic N) is 3. The van der Waals surface area contributed by atoms with Gasteiger partial charge >= 0.3 is 0 Å². The van der Waals surface area contributed by atoms with Crippen molar-refractivity contribution in [2.75, 3.05) is 0 Å². The lowest BCUT2D eigenvalue weighted by Gasteiger charge is -2.38. The molecule has 6 rings (SSSR count). The minimum Gasteiger partial charge on any atom is -0.321 e. The zero-order chi connectivity index (χ0) is 22.4. The fourth-order valence-corrected chi connectivity index (χ4v) is 4.66. The molecule has 2 heterocycles. The second-order valence-corrected chi connectivity index (χ2v) is 9.23. The van der Waals surface area contributed by atoms with E-state index >= 15 is 0 Å². The van der Waals surface area contributed by atoms with E-state index in [2.05, 4.69) is 42.6 Å². The number of benzene rings is 3. The molecule has 1 aliphatic rings. The molecule has 162 valence electrons. The first-order chi connectivity index (χ1) is 16.1. The predicted octanol–water partition coefficient (Wildman–Crippen LogP) is 6.72. The summed E-state index contributed by atoms with van der Waals surface area (Å²) in [4.78, 5) is 5.05. The summed E-state index contributed by atoms with van der Waals surface area (Å²) >= 11 is 6.06. The number of rotatable bonds is 4. The highest BCUT2D eigenvalue weighted by Gasteiger charge is 2.34. The van der Waals surface area contributed by atoms with Crippen LogP contribution in [-0.2, 0) is 5.54 Å². The summed E-state index contributed by atoms with van der Waals surface area (Å²) in [6.45, 7) is 0. The number of halogens is 1. The molecule has 5 aromatic rings. The van der Waals surface area contributed by atoms with Crippen LogP contribution >= 0.6 is 11.6 Å². The Morgan fingerprint density at radius 3 is 2.18 bits per heavy atom. The van der Waals surface area contributed by atoms with Gasteiger partial charge in [0.15, 0.2) is 5.65 Å². The van der Waals surface area contributed by atoms with Gasteiger partial charge in [0.25, 0.3) is 0 Å². The molecular weight excluding hydrogens is 428 g/mol. The molecule has 2 aromatic heterocycles. The second kappa shape index (κ2) is 7.84. The third-order valence-electron chi connectivity index (χ3n) is 6.65. The van der Waals surface area contributed by atoms with Gasteiger partial charge in [0, 0.05) is 39.5 Å². The van der Waals surface area contributed by atoms with Crippen LogP contribution in [0.5, 0.6) is 0 Å². The zero-order valence-electron chi connectivity index (χ0n) is 18.1. The molecule has 0 aliphatic heterocycles. The molecule has 0 unspecified atom stereocenters. The van der Waals surface area contributed by atoms with Gasteiger partial charge in [0.05, 0.1) is 11.4 Å². The molecule has 1 fully saturated rings. The number of hydrogen-bond acceptors (Lipinski definition) is 3. The Morgan fingerprint density at radius 1 is 0.818 bits per heavy atom. The second-order valence-electron chi connectivity index (χ2n) is 8.80. The molecule has 5 heteroatoms. The summed E-state index contributed by atoms with van der Waals surface area (Å²) in [5.41, 5.74) is 14.4. The van der Waals surface area contributed by atoms with E-state index in [1.54, 1.807) is 0 Å². The van der Waals surface area contributed by atoms with E-state index < -0.39 is 0 Å². The summed E-state index contributed by atoms with van der Waals surface area (Å²) in [5, 5.41) is 5.50. The Morgan fingerprint density at radius 2 is 1.52 bits per heavy atom. The number of aromatic nitrogens is 3. The molecule has 1 aliphatic carbocycles. The Bertz CT molecular complexity index is 1430. The Balaban J connectivity index is 1.49. The maximum absolute atomic E-state index is 6.54. The first-order valence-electron chi connectivity index (χ1n) is 11.2. The molecule has 3 aromatic carbocycles. The van der Waals surface area contributed by atoms with E-state index in [0.717, 1.165) is 52.1 Å². The van der Waals surface area contributed by atoms with Crippen molar-refractivity contribution in [1.82, 2.24) is 14.6 Å². The topological polar surface area (TPSA) is 56.2 Å². The molecule has 2 N–H and O–H groups in total. The third-order valence-corrected chi connectivity index (χ3v) is 6.90. The van der Waals surface area contributed by atoms with Crippen LogP contribution in [0.1, 0.15) is 24.8 Å². The highest BCUT2D eigenvalue weighted by molar-refractivity contribution is 6.30. The average Bonchev–Trinajstić information content (AvgIpc) is 3.26. The SMILES string of the molecule is NC1(c2ccc(-c3nc4cc(-c5ccc(Cl)cc5)nn4cc3-c3ccccc3)cc2)CCC1. The highest BCUT2D eigenvalue weighted by Crippen LogP contribution is 2.40. The minimum absolute atomic E-state index is 0.170. The van der Waals surface area contributed by atoms with Gasteiger partial charge in [0.1, 0.15) is 0 Å². The molecule has 0 amide bonds. The molecule has 0 saturated heterocycles. The van der Waals surface area contributed by atoms with Gasteiger partial charge in [-0.25, -0.2) is 9.50 Å². The van der Waals surface area contributed by atoms with Crippen LogP contribution in [0.25, 0.3) is 39.3 Å². The van der Waals surface area contributed by atoms with Gasteiger partial charge in [-0.2, -0.15) is 5.10 Å². The van der Waals surface area contributed by atoms with Crippen molar-refractivity contribution in [2.45, 2.75) is 24.8 Å². The van der Waals surface area contributed by atoms with Gasteiger partial charge in [-0.05, 0) is 42.5 Å². The summed E-state index contributed by atoms with van der Waals surface area (Å²) < 4.78 is 1.85. The van der Waals surface area contributed by atoms with E-state index in [1.165, 1.54) is 12.0 Å². The molecule has 0 radical (unpaired) electrons. The average molecular weight is 451 g/mol. The van der Waals surface area contributed by atoms with Gasteiger partial charge in [-0.1, -0.05) is 78.3 Å². The van der Waals surface area contributed by atoms with Gasteiger partial charge in [-0.15, -0.1) is 0 Å². The highest BCUT2D eigenvalue weighted by atomic mass is 35.5. The van der Waals surface area contributed by atoms with Crippen LogP contribution in [0.3, 0.4) is 0 Å². The summed E-state index contributed by atoms with van der Waals surface area (Å²) in [6.07, 6.45) is 5.37. The van der Waals surface area contributed by atoms with Gasteiger partial charge < -0.3 is 5.73 Å². The molecule has 0 bridgehead atoms. The molecule has 1 saturated carbocycles. The van der Waals surface area contributed by atoms with Crippen LogP contribution < -0.4 is 5.73 Å². The lowest BCUT2D eigenvalue weighted by atomic mass is 9.72. The van der Waals surface area contributed by atoms with Crippen molar-refractivity contribution >= 4 is 17.2 Å². The van der Waals surface area contributed by atoms with E-state index in [0.29, 0.717) is 5.02 Å². The van der Waals surface area contributed by atoms with Crippen LogP contribution in [0.15, 0.2) is 91.1 Å². The maximum Gasteiger partial charge on any atom is 0.156 e. The Labute approximate surface area is 197 Å². The smallest absolute Gasteiger partial charge is 0.156 e. The first-order valence-corrected chi connectivity index (χ1v) is 11.6. The van der Waals surface area contributed by atoms with E-state index in [4.69, 9.17) is 27.4 Å². The molecule has 0 spiro atoms. The minimum atomic E-state index is -0.170. The zero-order valence-corrected chi connectivity index (χ0v) is 18.8. The van der Waals surface area contributed by atoms with Crippen LogP contribution in [0.2, 0.25) is 5.02 Å². The first kappa shape index (κ1) is 20.2. The van der Waals surface area contributed by atoms with Crippen molar-refractivity contribution in [3.8, 4) is 33.6 Å². The standard InChI is InChI=1S/C28H23ClN4/c29-23-13-9-20(10-14-23)25-17-26-31-27(21-7-11-22(12-8-21)28(30)15-4-16-28)24(18-33(26)32-25)19-5-2-1-3-6-19/h1-3,5-14,17-18H,4,15-16,30H2. The molecule has 33 heavy (non-hydrogen) atoms. The lowest BCUT2D eigenvalue weighted by molar-refractivity contribution is 0.253. The summed E-state index contributed by atoms with van der Waals surface area (Å²) in [5.74, 6) is 0. The largest absolute Gasteiger partial charge is 0.321 e. The van der Waals surface area contributed by atoms with Crippen LogP contribution in [0, 0.1) is 0 Å². The lowest BCUT2D eigenvalue weighted by Crippen LogP contribution is -2.43. The molecular formula is C28H23ClN4. The van der Waals surface area contributed by atoms with Gasteiger partial charge in [0.2, 0.25) is 0 Å². The molecule has 4 nitrogen and oxygen atoms in total. The van der Waals surface area contributed by atoms with Crippen molar-refractivity contribution in [3.05, 3.63) is 102 Å².